The summed E-state index contributed by atoms with van der Waals surface area (Å²) in [4.78, 5) is 20.8. The number of hydrogen-bond donors (Lipinski definition) is 2. The third-order valence-electron chi connectivity index (χ3n) is 5.02. The molecule has 0 saturated heterocycles. The molecule has 2 heterocycles. The Kier molecular flexibility index (Phi) is 11.4. The van der Waals surface area contributed by atoms with Crippen LogP contribution in [0.1, 0.15) is 74.8 Å². The average molecular weight is 509 g/mol. The Labute approximate surface area is 212 Å². The number of pyridine rings is 2. The van der Waals surface area contributed by atoms with Crippen molar-refractivity contribution in [2.75, 3.05) is 19.0 Å². The van der Waals surface area contributed by atoms with Gasteiger partial charge in [0.05, 0.1) is 6.04 Å². The number of carbonyl (C=O) groups excluding carboxylic acids is 1. The fourth-order valence-electron chi connectivity index (χ4n) is 3.04. The number of anilines is 1. The zero-order chi connectivity index (χ0) is 27.7. The van der Waals surface area contributed by atoms with Crippen LogP contribution in [0.4, 0.5) is 19.0 Å². The van der Waals surface area contributed by atoms with Gasteiger partial charge in [-0.2, -0.15) is 8.78 Å². The molecule has 0 radical (unpaired) electrons. The summed E-state index contributed by atoms with van der Waals surface area (Å²) >= 11 is 0. The molecule has 0 aliphatic heterocycles. The Morgan fingerprint density at radius 2 is 1.81 bits per heavy atom. The summed E-state index contributed by atoms with van der Waals surface area (Å²) in [5.74, 6) is -3.30. The van der Waals surface area contributed by atoms with Crippen LogP contribution in [-0.2, 0) is 0 Å². The molecule has 1 amide bonds. The quantitative estimate of drug-likeness (QED) is 0.393. The van der Waals surface area contributed by atoms with Gasteiger partial charge >= 0.3 is 5.92 Å². The SMILES string of the molecule is C/C=C\C(C)(C)C.CNc1cc(C(=O)NC(C)c2cnc(OCC(F)(F)C(C)F)c(C)c2)cc(C)n1. The minimum Gasteiger partial charge on any atom is -0.471 e. The number of carbonyl (C=O) groups is 1. The van der Waals surface area contributed by atoms with Crippen molar-refractivity contribution in [2.45, 2.75) is 73.5 Å². The Hall–Kier alpha value is -3.10. The number of nitrogens with zero attached hydrogens (tertiary/aromatic N) is 2. The van der Waals surface area contributed by atoms with Crippen molar-refractivity contribution in [1.29, 1.82) is 0 Å². The van der Waals surface area contributed by atoms with Crippen LogP contribution in [0.5, 0.6) is 5.88 Å². The van der Waals surface area contributed by atoms with Crippen molar-refractivity contribution >= 4 is 11.7 Å². The highest BCUT2D eigenvalue weighted by Gasteiger charge is 2.38. The topological polar surface area (TPSA) is 76.1 Å². The number of allylic oxidation sites excluding steroid dienone is 2. The molecule has 0 bridgehead atoms. The third kappa shape index (κ3) is 10.3. The van der Waals surface area contributed by atoms with Crippen molar-refractivity contribution < 1.29 is 22.7 Å². The van der Waals surface area contributed by atoms with E-state index in [2.05, 4.69) is 53.5 Å². The van der Waals surface area contributed by atoms with E-state index in [0.717, 1.165) is 6.92 Å². The standard InChI is InChI=1S/C20H25F3N4O2.C7H14/c1-11-6-16(9-25-19(11)29-10-20(22,23)14(4)21)13(3)27-18(28)15-7-12(2)26-17(8-15)24-5;1-5-6-7(2,3)4/h6-9,13-14H,10H2,1-5H3,(H,24,26)(H,27,28);5-6H,1-4H3/b;6-5-. The summed E-state index contributed by atoms with van der Waals surface area (Å²) in [5.41, 5.74) is 2.71. The maximum absolute atomic E-state index is 13.4. The van der Waals surface area contributed by atoms with Gasteiger partial charge in [0.2, 0.25) is 5.88 Å². The van der Waals surface area contributed by atoms with Crippen LogP contribution in [0.2, 0.25) is 0 Å². The molecule has 2 aromatic rings. The molecule has 9 heteroatoms. The van der Waals surface area contributed by atoms with E-state index in [-0.39, 0.29) is 17.8 Å². The summed E-state index contributed by atoms with van der Waals surface area (Å²) in [6.45, 7) is 13.5. The lowest BCUT2D eigenvalue weighted by atomic mass is 9.97. The zero-order valence-corrected chi connectivity index (χ0v) is 22.7. The van der Waals surface area contributed by atoms with Crippen LogP contribution in [0.3, 0.4) is 0 Å². The maximum atomic E-state index is 13.4. The average Bonchev–Trinajstić information content (AvgIpc) is 2.77. The van der Waals surface area contributed by atoms with E-state index in [4.69, 9.17) is 4.74 Å². The van der Waals surface area contributed by atoms with E-state index in [1.54, 1.807) is 46.0 Å². The van der Waals surface area contributed by atoms with E-state index < -0.39 is 18.7 Å². The highest BCUT2D eigenvalue weighted by Crippen LogP contribution is 2.25. The third-order valence-corrected chi connectivity index (χ3v) is 5.02. The van der Waals surface area contributed by atoms with Crippen LogP contribution in [0.15, 0.2) is 36.5 Å². The van der Waals surface area contributed by atoms with Gasteiger partial charge in [-0.1, -0.05) is 32.9 Å². The Morgan fingerprint density at radius 3 is 2.28 bits per heavy atom. The zero-order valence-electron chi connectivity index (χ0n) is 22.7. The highest BCUT2D eigenvalue weighted by atomic mass is 19.3. The predicted molar refractivity (Wildman–Crippen MR) is 139 cm³/mol. The van der Waals surface area contributed by atoms with Crippen LogP contribution >= 0.6 is 0 Å². The minimum atomic E-state index is -3.59. The van der Waals surface area contributed by atoms with Gasteiger partial charge < -0.3 is 15.4 Å². The number of rotatable bonds is 8. The largest absolute Gasteiger partial charge is 0.471 e. The lowest BCUT2D eigenvalue weighted by molar-refractivity contribution is -0.0949. The molecular formula is C27H39F3N4O2. The molecule has 36 heavy (non-hydrogen) atoms. The van der Waals surface area contributed by atoms with Crippen LogP contribution in [0, 0.1) is 19.3 Å². The van der Waals surface area contributed by atoms with Gasteiger partial charge in [-0.3, -0.25) is 4.79 Å². The molecule has 2 aromatic heterocycles. The van der Waals surface area contributed by atoms with Gasteiger partial charge in [-0.25, -0.2) is 14.4 Å². The first kappa shape index (κ1) is 30.9. The van der Waals surface area contributed by atoms with Gasteiger partial charge in [-0.15, -0.1) is 0 Å². The number of alkyl halides is 3. The first-order valence-electron chi connectivity index (χ1n) is 11.8. The van der Waals surface area contributed by atoms with Gasteiger partial charge in [0.15, 0.2) is 12.8 Å². The molecule has 2 rings (SSSR count). The molecule has 0 aromatic carbocycles. The molecule has 0 fully saturated rings. The molecule has 0 saturated carbocycles. The normalized spacial score (nSPS) is 13.4. The fraction of sp³-hybridized carbons (Fsp3) is 0.519. The number of hydrogen-bond acceptors (Lipinski definition) is 5. The van der Waals surface area contributed by atoms with Gasteiger partial charge in [0.1, 0.15) is 5.82 Å². The molecule has 0 spiro atoms. The number of nitrogens with one attached hydrogen (secondary N) is 2. The smallest absolute Gasteiger partial charge is 0.311 e. The summed E-state index contributed by atoms with van der Waals surface area (Å²) in [5, 5.41) is 5.76. The van der Waals surface area contributed by atoms with Gasteiger partial charge in [-0.05, 0) is 63.8 Å². The van der Waals surface area contributed by atoms with Crippen LogP contribution in [0.25, 0.3) is 0 Å². The van der Waals surface area contributed by atoms with E-state index in [9.17, 15) is 18.0 Å². The maximum Gasteiger partial charge on any atom is 0.311 e. The first-order valence-corrected chi connectivity index (χ1v) is 11.8. The second kappa shape index (κ2) is 13.3. The molecule has 2 atom stereocenters. The highest BCUT2D eigenvalue weighted by molar-refractivity contribution is 5.95. The Morgan fingerprint density at radius 1 is 1.17 bits per heavy atom. The lowest BCUT2D eigenvalue weighted by Gasteiger charge is -2.19. The molecule has 0 aliphatic rings. The Balaban J connectivity index is 0.000000809. The van der Waals surface area contributed by atoms with Gasteiger partial charge in [0.25, 0.3) is 5.91 Å². The number of aryl methyl sites for hydroxylation is 2. The van der Waals surface area contributed by atoms with E-state index in [1.807, 2.05) is 6.92 Å². The number of aromatic nitrogens is 2. The van der Waals surface area contributed by atoms with E-state index >= 15 is 0 Å². The summed E-state index contributed by atoms with van der Waals surface area (Å²) in [6.07, 6.45) is 3.38. The van der Waals surface area contributed by atoms with Crippen molar-refractivity contribution in [1.82, 2.24) is 15.3 Å². The lowest BCUT2D eigenvalue weighted by Crippen LogP contribution is -2.34. The van der Waals surface area contributed by atoms with Crippen molar-refractivity contribution in [2.24, 2.45) is 5.41 Å². The molecule has 0 aliphatic carbocycles. The second-order valence-electron chi connectivity index (χ2n) is 9.75. The first-order chi connectivity index (χ1) is 16.6. The van der Waals surface area contributed by atoms with Crippen molar-refractivity contribution in [3.05, 3.63) is 58.9 Å². The summed E-state index contributed by atoms with van der Waals surface area (Å²) in [6, 6.07) is 4.61. The second-order valence-corrected chi connectivity index (χ2v) is 9.75. The Bertz CT molecular complexity index is 1030. The predicted octanol–water partition coefficient (Wildman–Crippen LogP) is 6.61. The van der Waals surface area contributed by atoms with Crippen molar-refractivity contribution in [3.63, 3.8) is 0 Å². The molecule has 2 unspecified atom stereocenters. The van der Waals surface area contributed by atoms with E-state index in [1.165, 1.54) is 6.20 Å². The number of halogens is 3. The molecule has 200 valence electrons. The monoisotopic (exact) mass is 508 g/mol. The van der Waals surface area contributed by atoms with Crippen LogP contribution < -0.4 is 15.4 Å². The number of amides is 1. The van der Waals surface area contributed by atoms with E-state index in [0.29, 0.717) is 33.6 Å². The fourth-order valence-corrected chi connectivity index (χ4v) is 3.04. The van der Waals surface area contributed by atoms with Gasteiger partial charge in [0, 0.05) is 30.1 Å². The summed E-state index contributed by atoms with van der Waals surface area (Å²) < 4.78 is 44.6. The summed E-state index contributed by atoms with van der Waals surface area (Å²) in [7, 11) is 1.72. The van der Waals surface area contributed by atoms with Crippen LogP contribution in [-0.4, -0.2) is 41.6 Å². The molecule has 6 nitrogen and oxygen atoms in total. The number of ether oxygens (including phenoxy) is 1. The van der Waals surface area contributed by atoms with Crippen molar-refractivity contribution in [3.8, 4) is 5.88 Å². The minimum absolute atomic E-state index is 0.00368. The molecular weight excluding hydrogens is 469 g/mol. The molecule has 2 N–H and O–H groups in total.